The molecule has 1 atom stereocenters. The molecule has 1 fully saturated rings. The van der Waals surface area contributed by atoms with Crippen molar-refractivity contribution in [2.24, 2.45) is 5.73 Å². The van der Waals surface area contributed by atoms with Gasteiger partial charge in [0.2, 0.25) is 0 Å². The lowest BCUT2D eigenvalue weighted by Gasteiger charge is -2.33. The Hall–Kier alpha value is -1.14. The van der Waals surface area contributed by atoms with Crippen LogP contribution in [0.25, 0.3) is 0 Å². The van der Waals surface area contributed by atoms with Gasteiger partial charge in [-0.3, -0.25) is 10.1 Å². The van der Waals surface area contributed by atoms with E-state index in [1.807, 2.05) is 0 Å². The molecule has 18 heavy (non-hydrogen) atoms. The van der Waals surface area contributed by atoms with Crippen molar-refractivity contribution in [3.05, 3.63) is 0 Å². The summed E-state index contributed by atoms with van der Waals surface area (Å²) in [6.45, 7) is 1.97. The highest BCUT2D eigenvalue weighted by atomic mass is 16.5. The van der Waals surface area contributed by atoms with E-state index in [-0.39, 0.29) is 5.54 Å². The first-order valence-corrected chi connectivity index (χ1v) is 6.40. The smallest absolute Gasteiger partial charge is 0.321 e. The summed E-state index contributed by atoms with van der Waals surface area (Å²) < 4.78 is 5.47. The van der Waals surface area contributed by atoms with Gasteiger partial charge < -0.3 is 15.8 Å². The van der Waals surface area contributed by atoms with E-state index in [9.17, 15) is 9.59 Å². The second-order valence-electron chi connectivity index (χ2n) is 4.94. The summed E-state index contributed by atoms with van der Waals surface area (Å²) in [4.78, 5) is 22.5. The summed E-state index contributed by atoms with van der Waals surface area (Å²) in [5.74, 6) is -0.450. The molecule has 0 bridgehead atoms. The van der Waals surface area contributed by atoms with Crippen LogP contribution in [0.1, 0.15) is 39.0 Å². The van der Waals surface area contributed by atoms with Crippen LogP contribution >= 0.6 is 0 Å². The lowest BCUT2D eigenvalue weighted by atomic mass is 9.83. The summed E-state index contributed by atoms with van der Waals surface area (Å²) in [5, 5.41) is 4.49. The molecule has 104 valence electrons. The average molecular weight is 257 g/mol. The Balaban J connectivity index is 2.33. The fourth-order valence-corrected chi connectivity index (χ4v) is 2.04. The number of hydrogen-bond acceptors (Lipinski definition) is 4. The van der Waals surface area contributed by atoms with Crippen molar-refractivity contribution in [2.45, 2.75) is 50.7 Å². The first kappa shape index (κ1) is 14.9. The first-order valence-electron chi connectivity index (χ1n) is 6.40. The number of nitrogens with two attached hydrogens (primary N) is 1. The number of imide groups is 1. The van der Waals surface area contributed by atoms with E-state index in [0.717, 1.165) is 25.7 Å². The summed E-state index contributed by atoms with van der Waals surface area (Å²) in [7, 11) is 1.45. The monoisotopic (exact) mass is 257 g/mol. The van der Waals surface area contributed by atoms with Gasteiger partial charge in [-0.25, -0.2) is 4.79 Å². The van der Waals surface area contributed by atoms with Crippen LogP contribution in [0.15, 0.2) is 0 Å². The van der Waals surface area contributed by atoms with E-state index in [2.05, 4.69) is 10.6 Å². The maximum Gasteiger partial charge on any atom is 0.321 e. The van der Waals surface area contributed by atoms with Gasteiger partial charge in [0.05, 0.1) is 6.61 Å². The van der Waals surface area contributed by atoms with E-state index in [1.165, 1.54) is 13.5 Å². The van der Waals surface area contributed by atoms with Gasteiger partial charge in [0.15, 0.2) is 0 Å². The zero-order valence-corrected chi connectivity index (χ0v) is 11.1. The van der Waals surface area contributed by atoms with E-state index in [0.29, 0.717) is 6.61 Å². The molecule has 0 aromatic rings. The molecule has 4 N–H and O–H groups in total. The molecule has 1 aliphatic carbocycles. The summed E-state index contributed by atoms with van der Waals surface area (Å²) in [5.41, 5.74) is 5.88. The van der Waals surface area contributed by atoms with E-state index >= 15 is 0 Å². The van der Waals surface area contributed by atoms with Crippen LogP contribution in [0.4, 0.5) is 4.79 Å². The number of hydrogen-bond donors (Lipinski definition) is 3. The number of amides is 3. The van der Waals surface area contributed by atoms with Crippen LogP contribution in [-0.2, 0) is 9.53 Å². The van der Waals surface area contributed by atoms with Crippen molar-refractivity contribution < 1.29 is 14.3 Å². The molecular formula is C12H23N3O3. The quantitative estimate of drug-likeness (QED) is 0.684. The largest absolute Gasteiger partial charge is 0.367 e. The van der Waals surface area contributed by atoms with Gasteiger partial charge in [-0.2, -0.15) is 0 Å². The van der Waals surface area contributed by atoms with Gasteiger partial charge in [-0.1, -0.05) is 19.3 Å². The number of nitrogens with one attached hydrogen (secondary N) is 2. The lowest BCUT2D eigenvalue weighted by molar-refractivity contribution is -0.131. The third kappa shape index (κ3) is 4.62. The summed E-state index contributed by atoms with van der Waals surface area (Å²) in [6, 6.07) is -0.532. The Bertz CT molecular complexity index is 301. The predicted molar refractivity (Wildman–Crippen MR) is 68.0 cm³/mol. The van der Waals surface area contributed by atoms with Crippen molar-refractivity contribution >= 4 is 11.9 Å². The van der Waals surface area contributed by atoms with Crippen molar-refractivity contribution in [3.63, 3.8) is 0 Å². The number of rotatable bonds is 4. The van der Waals surface area contributed by atoms with Gasteiger partial charge >= 0.3 is 6.03 Å². The van der Waals surface area contributed by atoms with Crippen LogP contribution in [0.5, 0.6) is 0 Å². The number of carbonyl (C=O) groups excluding carboxylic acids is 2. The Morgan fingerprint density at radius 1 is 1.33 bits per heavy atom. The Labute approximate surface area is 108 Å². The summed E-state index contributed by atoms with van der Waals surface area (Å²) in [6.07, 6.45) is 4.61. The minimum atomic E-state index is -0.676. The zero-order chi connectivity index (χ0) is 13.6. The van der Waals surface area contributed by atoms with Crippen LogP contribution in [-0.4, -0.2) is 37.2 Å². The second-order valence-corrected chi connectivity index (χ2v) is 4.94. The van der Waals surface area contributed by atoms with Crippen molar-refractivity contribution in [1.29, 1.82) is 0 Å². The van der Waals surface area contributed by atoms with Gasteiger partial charge in [0.1, 0.15) is 6.10 Å². The maximum absolute atomic E-state index is 11.6. The van der Waals surface area contributed by atoms with Gasteiger partial charge in [0, 0.05) is 12.6 Å². The zero-order valence-electron chi connectivity index (χ0n) is 11.1. The topological polar surface area (TPSA) is 93.5 Å². The molecule has 1 aliphatic rings. The minimum Gasteiger partial charge on any atom is -0.367 e. The second kappa shape index (κ2) is 6.70. The van der Waals surface area contributed by atoms with Gasteiger partial charge in [-0.15, -0.1) is 0 Å². The molecule has 3 amide bonds. The minimum absolute atomic E-state index is 0.320. The lowest BCUT2D eigenvalue weighted by Crippen LogP contribution is -2.49. The van der Waals surface area contributed by atoms with Crippen molar-refractivity contribution in [3.8, 4) is 0 Å². The molecule has 0 radical (unpaired) electrons. The number of urea groups is 1. The Morgan fingerprint density at radius 2 is 1.94 bits per heavy atom. The fourth-order valence-electron chi connectivity index (χ4n) is 2.04. The van der Waals surface area contributed by atoms with Crippen LogP contribution in [0.3, 0.4) is 0 Å². The normalized spacial score (nSPS) is 19.9. The van der Waals surface area contributed by atoms with E-state index in [4.69, 9.17) is 10.5 Å². The molecule has 0 saturated heterocycles. The Kier molecular flexibility index (Phi) is 5.55. The fraction of sp³-hybridized carbons (Fsp3) is 0.833. The molecule has 6 heteroatoms. The van der Waals surface area contributed by atoms with Crippen molar-refractivity contribution in [2.75, 3.05) is 13.7 Å². The van der Waals surface area contributed by atoms with Gasteiger partial charge in [0.25, 0.3) is 5.91 Å². The van der Waals surface area contributed by atoms with Crippen LogP contribution in [0, 0.1) is 0 Å². The molecule has 0 aliphatic heterocycles. The third-order valence-electron chi connectivity index (χ3n) is 3.30. The molecular weight excluding hydrogens is 234 g/mol. The molecule has 0 aromatic carbocycles. The SMILES string of the molecule is CNC(=O)NC(=O)C(C)OCC1(N)CCCCC1. The van der Waals surface area contributed by atoms with Crippen molar-refractivity contribution in [1.82, 2.24) is 10.6 Å². The molecule has 6 nitrogen and oxygen atoms in total. The molecule has 0 spiro atoms. The van der Waals surface area contributed by atoms with Crippen LogP contribution < -0.4 is 16.4 Å². The van der Waals surface area contributed by atoms with E-state index in [1.54, 1.807) is 6.92 Å². The Morgan fingerprint density at radius 3 is 2.50 bits per heavy atom. The molecule has 1 unspecified atom stereocenters. The standard InChI is InChI=1S/C12H23N3O3/c1-9(10(16)15-11(17)14-2)18-8-12(13)6-4-3-5-7-12/h9H,3-8,13H2,1-2H3,(H2,14,15,16,17). The molecule has 1 saturated carbocycles. The molecule has 1 rings (SSSR count). The third-order valence-corrected chi connectivity index (χ3v) is 3.30. The summed E-state index contributed by atoms with van der Waals surface area (Å²) >= 11 is 0. The maximum atomic E-state index is 11.6. The van der Waals surface area contributed by atoms with E-state index < -0.39 is 18.0 Å². The van der Waals surface area contributed by atoms with Crippen LogP contribution in [0.2, 0.25) is 0 Å². The number of carbonyl (C=O) groups is 2. The highest BCUT2D eigenvalue weighted by Crippen LogP contribution is 2.26. The van der Waals surface area contributed by atoms with Gasteiger partial charge in [-0.05, 0) is 19.8 Å². The molecule has 0 aromatic heterocycles. The first-order chi connectivity index (χ1) is 8.47. The molecule has 0 heterocycles. The highest BCUT2D eigenvalue weighted by Gasteiger charge is 2.29. The highest BCUT2D eigenvalue weighted by molar-refractivity contribution is 5.96. The predicted octanol–water partition coefficient (Wildman–Crippen LogP) is 0.509. The number of ether oxygens (including phenoxy) is 1. The average Bonchev–Trinajstić information content (AvgIpc) is 2.36.